The number of methoxy groups -OCH3 is 1. The number of rotatable bonds is 4. The number of carbonyl (C=O) groups excluding carboxylic acids is 1. The number of aryl methyl sites for hydroxylation is 1. The molecule has 1 saturated heterocycles. The standard InChI is InChI=1S/C25H27N3O2/c1-17-8-3-4-12-21(17)28-23-13-6-11-20(23)24(26-28)25(29)27-15-7-14-22(27)18-9-5-10-19(16-18)30-2/h3-5,8-10,12,16,22H,6-7,11,13-15H2,1-2H3. The lowest BCUT2D eigenvalue weighted by atomic mass is 10.0. The number of hydrogen-bond acceptors (Lipinski definition) is 3. The summed E-state index contributed by atoms with van der Waals surface area (Å²) in [7, 11) is 1.68. The molecule has 5 nitrogen and oxygen atoms in total. The van der Waals surface area contributed by atoms with Gasteiger partial charge in [0.25, 0.3) is 5.91 Å². The molecule has 2 aromatic carbocycles. The van der Waals surface area contributed by atoms with E-state index < -0.39 is 0 Å². The van der Waals surface area contributed by atoms with Crippen LogP contribution in [0.4, 0.5) is 0 Å². The van der Waals surface area contributed by atoms with Gasteiger partial charge in [-0.2, -0.15) is 5.10 Å². The lowest BCUT2D eigenvalue weighted by Gasteiger charge is -2.25. The quantitative estimate of drug-likeness (QED) is 0.639. The molecule has 154 valence electrons. The molecule has 0 N–H and O–H groups in total. The predicted molar refractivity (Wildman–Crippen MR) is 116 cm³/mol. The van der Waals surface area contributed by atoms with Gasteiger partial charge in [-0.25, -0.2) is 4.68 Å². The molecule has 1 unspecified atom stereocenters. The molecule has 0 radical (unpaired) electrons. The number of likely N-dealkylation sites (tertiary alicyclic amines) is 1. The summed E-state index contributed by atoms with van der Waals surface area (Å²) in [5.41, 5.74) is 6.35. The lowest BCUT2D eigenvalue weighted by Crippen LogP contribution is -2.31. The van der Waals surface area contributed by atoms with Crippen molar-refractivity contribution in [3.05, 3.63) is 76.6 Å². The molecule has 1 aliphatic heterocycles. The van der Waals surface area contributed by atoms with E-state index in [0.717, 1.165) is 61.2 Å². The lowest BCUT2D eigenvalue weighted by molar-refractivity contribution is 0.0728. The second-order valence-corrected chi connectivity index (χ2v) is 8.26. The third-order valence-corrected chi connectivity index (χ3v) is 6.47. The van der Waals surface area contributed by atoms with Crippen LogP contribution in [0.2, 0.25) is 0 Å². The van der Waals surface area contributed by atoms with Crippen molar-refractivity contribution in [3.8, 4) is 11.4 Å². The molecule has 1 amide bonds. The van der Waals surface area contributed by atoms with Crippen LogP contribution in [0, 0.1) is 6.92 Å². The normalized spacial score (nSPS) is 17.9. The van der Waals surface area contributed by atoms with Gasteiger partial charge in [-0.15, -0.1) is 0 Å². The smallest absolute Gasteiger partial charge is 0.275 e. The summed E-state index contributed by atoms with van der Waals surface area (Å²) < 4.78 is 7.42. The fourth-order valence-corrected chi connectivity index (χ4v) is 4.95. The van der Waals surface area contributed by atoms with Crippen molar-refractivity contribution in [1.29, 1.82) is 0 Å². The van der Waals surface area contributed by atoms with Crippen LogP contribution in [0.25, 0.3) is 5.69 Å². The van der Waals surface area contributed by atoms with Gasteiger partial charge in [0.05, 0.1) is 18.8 Å². The highest BCUT2D eigenvalue weighted by Crippen LogP contribution is 2.36. The van der Waals surface area contributed by atoms with E-state index in [1.807, 2.05) is 39.9 Å². The van der Waals surface area contributed by atoms with E-state index >= 15 is 0 Å². The number of ether oxygens (including phenoxy) is 1. The van der Waals surface area contributed by atoms with Crippen LogP contribution < -0.4 is 4.74 Å². The van der Waals surface area contributed by atoms with Gasteiger partial charge in [0.2, 0.25) is 0 Å². The average molecular weight is 402 g/mol. The molecule has 2 heterocycles. The molecule has 3 aromatic rings. The minimum absolute atomic E-state index is 0.0609. The van der Waals surface area contributed by atoms with E-state index in [0.29, 0.717) is 5.69 Å². The maximum Gasteiger partial charge on any atom is 0.275 e. The molecule has 1 fully saturated rings. The van der Waals surface area contributed by atoms with E-state index in [9.17, 15) is 4.79 Å². The van der Waals surface area contributed by atoms with E-state index in [4.69, 9.17) is 9.84 Å². The van der Waals surface area contributed by atoms with Gasteiger partial charge in [0.15, 0.2) is 5.69 Å². The minimum atomic E-state index is 0.0609. The highest BCUT2D eigenvalue weighted by Gasteiger charge is 2.35. The molecule has 0 saturated carbocycles. The highest BCUT2D eigenvalue weighted by molar-refractivity contribution is 5.95. The van der Waals surface area contributed by atoms with Crippen molar-refractivity contribution in [2.24, 2.45) is 0 Å². The van der Waals surface area contributed by atoms with Crippen LogP contribution in [0.15, 0.2) is 48.5 Å². The molecular weight excluding hydrogens is 374 g/mol. The molecule has 1 aromatic heterocycles. The summed E-state index contributed by atoms with van der Waals surface area (Å²) in [6.07, 6.45) is 4.97. The zero-order valence-corrected chi connectivity index (χ0v) is 17.6. The molecule has 0 bridgehead atoms. The summed E-state index contributed by atoms with van der Waals surface area (Å²) in [4.78, 5) is 15.7. The van der Waals surface area contributed by atoms with Crippen LogP contribution in [0.3, 0.4) is 0 Å². The Morgan fingerprint density at radius 3 is 2.80 bits per heavy atom. The second-order valence-electron chi connectivity index (χ2n) is 8.26. The number of nitrogens with zero attached hydrogens (tertiary/aromatic N) is 3. The predicted octanol–water partition coefficient (Wildman–Crippen LogP) is 4.66. The Labute approximate surface area is 177 Å². The summed E-state index contributed by atoms with van der Waals surface area (Å²) in [6, 6.07) is 16.4. The number of fused-ring (bicyclic) bond motifs is 1. The summed E-state index contributed by atoms with van der Waals surface area (Å²) in [5.74, 6) is 0.891. The number of amides is 1. The molecule has 30 heavy (non-hydrogen) atoms. The van der Waals surface area contributed by atoms with Crippen LogP contribution >= 0.6 is 0 Å². The summed E-state index contributed by atoms with van der Waals surface area (Å²) in [6.45, 7) is 2.87. The van der Waals surface area contributed by atoms with Crippen molar-refractivity contribution in [3.63, 3.8) is 0 Å². The SMILES string of the molecule is COc1cccc(C2CCCN2C(=O)c2nn(-c3ccccc3C)c3c2CCC3)c1. The zero-order valence-electron chi connectivity index (χ0n) is 17.6. The number of para-hydroxylation sites is 1. The molecule has 5 heteroatoms. The number of aromatic nitrogens is 2. The van der Waals surface area contributed by atoms with Gasteiger partial charge in [-0.1, -0.05) is 30.3 Å². The Bertz CT molecular complexity index is 1100. The molecule has 1 atom stereocenters. The molecular formula is C25H27N3O2. The topological polar surface area (TPSA) is 47.4 Å². The fraction of sp³-hybridized carbons (Fsp3) is 0.360. The van der Waals surface area contributed by atoms with Crippen LogP contribution in [-0.2, 0) is 12.8 Å². The summed E-state index contributed by atoms with van der Waals surface area (Å²) >= 11 is 0. The maximum atomic E-state index is 13.7. The van der Waals surface area contributed by atoms with E-state index in [2.05, 4.69) is 25.1 Å². The maximum absolute atomic E-state index is 13.7. The monoisotopic (exact) mass is 401 g/mol. The van der Waals surface area contributed by atoms with Crippen molar-refractivity contribution in [2.75, 3.05) is 13.7 Å². The van der Waals surface area contributed by atoms with Gasteiger partial charge in [-0.05, 0) is 68.4 Å². The second kappa shape index (κ2) is 7.63. The van der Waals surface area contributed by atoms with Crippen LogP contribution in [0.1, 0.15) is 58.2 Å². The highest BCUT2D eigenvalue weighted by atomic mass is 16.5. The number of hydrogen-bond donors (Lipinski definition) is 0. The van der Waals surface area contributed by atoms with Gasteiger partial charge in [0.1, 0.15) is 5.75 Å². The number of carbonyl (C=O) groups is 1. The third kappa shape index (κ3) is 3.09. The van der Waals surface area contributed by atoms with Gasteiger partial charge in [-0.3, -0.25) is 4.79 Å². The van der Waals surface area contributed by atoms with Crippen molar-refractivity contribution in [1.82, 2.24) is 14.7 Å². The van der Waals surface area contributed by atoms with Gasteiger partial charge < -0.3 is 9.64 Å². The van der Waals surface area contributed by atoms with Crippen molar-refractivity contribution in [2.45, 2.75) is 45.1 Å². The summed E-state index contributed by atoms with van der Waals surface area (Å²) in [5, 5.41) is 4.87. The number of benzene rings is 2. The fourth-order valence-electron chi connectivity index (χ4n) is 4.95. The molecule has 2 aliphatic rings. The van der Waals surface area contributed by atoms with E-state index in [-0.39, 0.29) is 11.9 Å². The zero-order chi connectivity index (χ0) is 20.7. The van der Waals surface area contributed by atoms with Crippen LogP contribution in [-0.4, -0.2) is 34.2 Å². The first-order chi connectivity index (χ1) is 14.7. The van der Waals surface area contributed by atoms with Crippen molar-refractivity contribution >= 4 is 5.91 Å². The average Bonchev–Trinajstić information content (AvgIpc) is 3.50. The Morgan fingerprint density at radius 1 is 1.10 bits per heavy atom. The molecule has 1 aliphatic carbocycles. The molecule has 5 rings (SSSR count). The van der Waals surface area contributed by atoms with Gasteiger partial charge in [0, 0.05) is 17.8 Å². The largest absolute Gasteiger partial charge is 0.497 e. The Balaban J connectivity index is 1.52. The first kappa shape index (κ1) is 18.9. The Morgan fingerprint density at radius 2 is 1.97 bits per heavy atom. The Hall–Kier alpha value is -3.08. The van der Waals surface area contributed by atoms with Crippen LogP contribution in [0.5, 0.6) is 5.75 Å². The van der Waals surface area contributed by atoms with Gasteiger partial charge >= 0.3 is 0 Å². The minimum Gasteiger partial charge on any atom is -0.497 e. The molecule has 0 spiro atoms. The van der Waals surface area contributed by atoms with E-state index in [1.165, 1.54) is 11.3 Å². The first-order valence-corrected chi connectivity index (χ1v) is 10.8. The van der Waals surface area contributed by atoms with E-state index in [1.54, 1.807) is 7.11 Å². The Kier molecular flexibility index (Phi) is 4.81. The van der Waals surface area contributed by atoms with Crippen molar-refractivity contribution < 1.29 is 9.53 Å². The third-order valence-electron chi connectivity index (χ3n) is 6.47. The first-order valence-electron chi connectivity index (χ1n) is 10.8.